The van der Waals surface area contributed by atoms with Crippen LogP contribution in [0.2, 0.25) is 0 Å². The molecular formula is C16H16N2O5S. The fourth-order valence-corrected chi connectivity index (χ4v) is 2.21. The molecule has 0 fully saturated rings. The smallest absolute Gasteiger partial charge is 0.368 e. The molecule has 0 unspecified atom stereocenters. The fourth-order valence-electron chi connectivity index (χ4n) is 2.21. The first-order chi connectivity index (χ1) is 11.4. The Balaban J connectivity index is 0.000000368. The molecule has 2 aromatic carbocycles. The molecule has 0 bridgehead atoms. The highest BCUT2D eigenvalue weighted by atomic mass is 32.3. The molecule has 0 spiro atoms. The molecule has 24 heavy (non-hydrogen) atoms. The number of amidine groups is 1. The highest BCUT2D eigenvalue weighted by Crippen LogP contribution is 2.16. The SMILES string of the molecule is O=C(c1ccccc1)c1ccccc1C1=NCCN1.O=S(=O)(O)O. The number of aliphatic imine (C=N–C) groups is 1. The number of hydrogen-bond acceptors (Lipinski definition) is 5. The molecule has 8 heteroatoms. The van der Waals surface area contributed by atoms with Crippen molar-refractivity contribution in [2.24, 2.45) is 4.99 Å². The van der Waals surface area contributed by atoms with Gasteiger partial charge in [-0.15, -0.1) is 0 Å². The number of ketones is 1. The molecule has 2 aromatic rings. The largest absolute Gasteiger partial charge is 0.394 e. The lowest BCUT2D eigenvalue weighted by Crippen LogP contribution is -2.22. The van der Waals surface area contributed by atoms with Gasteiger partial charge >= 0.3 is 10.4 Å². The number of nitrogens with zero attached hydrogens (tertiary/aromatic N) is 1. The molecule has 1 heterocycles. The van der Waals surface area contributed by atoms with Crippen molar-refractivity contribution < 1.29 is 22.3 Å². The zero-order valence-corrected chi connectivity index (χ0v) is 13.4. The number of nitrogens with one attached hydrogen (secondary N) is 1. The van der Waals surface area contributed by atoms with Crippen molar-refractivity contribution in [3.8, 4) is 0 Å². The van der Waals surface area contributed by atoms with Crippen LogP contribution in [-0.2, 0) is 10.4 Å². The first-order valence-corrected chi connectivity index (χ1v) is 8.43. The molecule has 0 atom stereocenters. The van der Waals surface area contributed by atoms with Gasteiger partial charge in [0.25, 0.3) is 0 Å². The quantitative estimate of drug-likeness (QED) is 0.573. The first kappa shape index (κ1) is 17.8. The van der Waals surface area contributed by atoms with Gasteiger partial charge in [-0.05, 0) is 0 Å². The number of rotatable bonds is 3. The number of hydrogen-bond donors (Lipinski definition) is 3. The number of carbonyl (C=O) groups is 1. The lowest BCUT2D eigenvalue weighted by molar-refractivity contribution is 0.103. The van der Waals surface area contributed by atoms with Crippen molar-refractivity contribution in [1.82, 2.24) is 5.32 Å². The molecule has 0 aromatic heterocycles. The lowest BCUT2D eigenvalue weighted by Gasteiger charge is -2.09. The summed E-state index contributed by atoms with van der Waals surface area (Å²) in [4.78, 5) is 16.9. The summed E-state index contributed by atoms with van der Waals surface area (Å²) in [6, 6.07) is 16.9. The third-order valence-corrected chi connectivity index (χ3v) is 3.14. The number of carbonyl (C=O) groups excluding carboxylic acids is 1. The zero-order chi connectivity index (χ0) is 17.6. The summed E-state index contributed by atoms with van der Waals surface area (Å²) in [5.74, 6) is 0.854. The first-order valence-electron chi connectivity index (χ1n) is 7.03. The monoisotopic (exact) mass is 348 g/mol. The molecule has 3 N–H and O–H groups in total. The molecule has 126 valence electrons. The predicted octanol–water partition coefficient (Wildman–Crippen LogP) is 1.61. The van der Waals surface area contributed by atoms with E-state index < -0.39 is 10.4 Å². The van der Waals surface area contributed by atoms with Crippen molar-refractivity contribution in [2.75, 3.05) is 13.1 Å². The highest BCUT2D eigenvalue weighted by Gasteiger charge is 2.17. The lowest BCUT2D eigenvalue weighted by atomic mass is 9.98. The van der Waals surface area contributed by atoms with Crippen LogP contribution in [-0.4, -0.2) is 42.2 Å². The van der Waals surface area contributed by atoms with Crippen LogP contribution in [0.3, 0.4) is 0 Å². The minimum absolute atomic E-state index is 0.0348. The van der Waals surface area contributed by atoms with E-state index in [1.165, 1.54) is 0 Å². The summed E-state index contributed by atoms with van der Waals surface area (Å²) >= 11 is 0. The van der Waals surface area contributed by atoms with E-state index >= 15 is 0 Å². The minimum atomic E-state index is -4.67. The van der Waals surface area contributed by atoms with Gasteiger partial charge in [0.15, 0.2) is 5.78 Å². The van der Waals surface area contributed by atoms with Gasteiger partial charge in [0.2, 0.25) is 0 Å². The van der Waals surface area contributed by atoms with Crippen molar-refractivity contribution in [3.05, 3.63) is 71.3 Å². The molecule has 7 nitrogen and oxygen atoms in total. The summed E-state index contributed by atoms with van der Waals surface area (Å²) in [5.41, 5.74) is 2.28. The van der Waals surface area contributed by atoms with E-state index in [2.05, 4.69) is 10.3 Å². The van der Waals surface area contributed by atoms with Gasteiger partial charge in [-0.25, -0.2) is 0 Å². The molecule has 0 aliphatic carbocycles. The van der Waals surface area contributed by atoms with Crippen LogP contribution in [0.1, 0.15) is 21.5 Å². The molecule has 0 radical (unpaired) electrons. The van der Waals surface area contributed by atoms with Crippen LogP contribution in [0.15, 0.2) is 59.6 Å². The normalized spacial score (nSPS) is 13.3. The third kappa shape index (κ3) is 5.27. The van der Waals surface area contributed by atoms with Gasteiger partial charge in [0, 0.05) is 23.2 Å². The molecule has 0 amide bonds. The van der Waals surface area contributed by atoms with E-state index in [1.54, 1.807) is 0 Å². The van der Waals surface area contributed by atoms with Crippen molar-refractivity contribution >= 4 is 22.0 Å². The van der Waals surface area contributed by atoms with E-state index in [4.69, 9.17) is 17.5 Å². The predicted molar refractivity (Wildman–Crippen MR) is 89.9 cm³/mol. The maximum atomic E-state index is 12.5. The molecule has 1 aliphatic heterocycles. The maximum Gasteiger partial charge on any atom is 0.394 e. The summed E-state index contributed by atoms with van der Waals surface area (Å²) in [7, 11) is -4.67. The minimum Gasteiger partial charge on any atom is -0.368 e. The van der Waals surface area contributed by atoms with Crippen molar-refractivity contribution in [1.29, 1.82) is 0 Å². The third-order valence-electron chi connectivity index (χ3n) is 3.14. The summed E-state index contributed by atoms with van der Waals surface area (Å²) in [5, 5.41) is 3.22. The van der Waals surface area contributed by atoms with Crippen molar-refractivity contribution in [2.45, 2.75) is 0 Å². The Kier molecular flexibility index (Phi) is 5.80. The van der Waals surface area contributed by atoms with Crippen LogP contribution >= 0.6 is 0 Å². The highest BCUT2D eigenvalue weighted by molar-refractivity contribution is 7.79. The second-order valence-corrected chi connectivity index (χ2v) is 5.74. The Morgan fingerprint density at radius 2 is 1.58 bits per heavy atom. The standard InChI is InChI=1S/C16H14N2O.H2O4S/c19-15(12-6-2-1-3-7-12)13-8-4-5-9-14(13)16-17-10-11-18-16;1-5(2,3)4/h1-9H,10-11H2,(H,17,18);(H2,1,2,3,4). The average molecular weight is 348 g/mol. The van der Waals surface area contributed by atoms with E-state index in [-0.39, 0.29) is 5.78 Å². The Bertz CT molecular complexity index is 840. The fraction of sp³-hybridized carbons (Fsp3) is 0.125. The van der Waals surface area contributed by atoms with E-state index in [1.807, 2.05) is 54.6 Å². The van der Waals surface area contributed by atoms with E-state index in [9.17, 15) is 4.79 Å². The second kappa shape index (κ2) is 7.82. The van der Waals surface area contributed by atoms with Crippen molar-refractivity contribution in [3.63, 3.8) is 0 Å². The molecule has 0 saturated heterocycles. The maximum absolute atomic E-state index is 12.5. The van der Waals surface area contributed by atoms with Crippen LogP contribution in [0.5, 0.6) is 0 Å². The molecular weight excluding hydrogens is 332 g/mol. The Labute approximate surface area is 139 Å². The van der Waals surface area contributed by atoms with Gasteiger partial charge in [-0.2, -0.15) is 8.42 Å². The molecule has 1 aliphatic rings. The summed E-state index contributed by atoms with van der Waals surface area (Å²) in [6.45, 7) is 1.60. The second-order valence-electron chi connectivity index (χ2n) is 4.85. The van der Waals surface area contributed by atoms with Gasteiger partial charge in [-0.1, -0.05) is 54.6 Å². The van der Waals surface area contributed by atoms with Crippen LogP contribution in [0.25, 0.3) is 0 Å². The Morgan fingerprint density at radius 3 is 2.17 bits per heavy atom. The summed E-state index contributed by atoms with van der Waals surface area (Å²) < 4.78 is 31.6. The molecule has 0 saturated carbocycles. The van der Waals surface area contributed by atoms with Gasteiger partial charge in [-0.3, -0.25) is 18.9 Å². The van der Waals surface area contributed by atoms with Crippen LogP contribution in [0.4, 0.5) is 0 Å². The van der Waals surface area contributed by atoms with Gasteiger partial charge in [0.1, 0.15) is 5.84 Å². The topological polar surface area (TPSA) is 116 Å². The summed E-state index contributed by atoms with van der Waals surface area (Å²) in [6.07, 6.45) is 0. The van der Waals surface area contributed by atoms with Gasteiger partial charge < -0.3 is 5.32 Å². The molecule has 3 rings (SSSR count). The average Bonchev–Trinajstić information content (AvgIpc) is 3.08. The van der Waals surface area contributed by atoms with Gasteiger partial charge in [0.05, 0.1) is 6.54 Å². The Hall–Kier alpha value is -2.55. The van der Waals surface area contributed by atoms with Crippen LogP contribution in [0, 0.1) is 0 Å². The van der Waals surface area contributed by atoms with E-state index in [0.29, 0.717) is 11.1 Å². The zero-order valence-electron chi connectivity index (χ0n) is 12.6. The Morgan fingerprint density at radius 1 is 1.00 bits per heavy atom. The van der Waals surface area contributed by atoms with E-state index in [0.717, 1.165) is 24.5 Å². The van der Waals surface area contributed by atoms with Crippen LogP contribution < -0.4 is 5.32 Å². The number of benzene rings is 2.